The minimum atomic E-state index is 0.138. The largest absolute Gasteiger partial charge is 0.356 e. The number of carbonyl (C=O) groups excluding carboxylic acids is 1. The molecule has 91 valence electrons. The van der Waals surface area contributed by atoms with Crippen molar-refractivity contribution < 1.29 is 4.79 Å². The van der Waals surface area contributed by atoms with Gasteiger partial charge in [0.05, 0.1) is 0 Å². The van der Waals surface area contributed by atoms with Crippen molar-refractivity contribution in [1.29, 1.82) is 0 Å². The Morgan fingerprint density at radius 2 is 1.81 bits per heavy atom. The van der Waals surface area contributed by atoms with Crippen molar-refractivity contribution in [3.8, 4) is 5.92 Å². The highest BCUT2D eigenvalue weighted by Gasteiger charge is 1.99. The van der Waals surface area contributed by atoms with E-state index in [-0.39, 0.29) is 5.91 Å². The van der Waals surface area contributed by atoms with Gasteiger partial charge in [0.2, 0.25) is 5.91 Å². The van der Waals surface area contributed by atoms with E-state index in [2.05, 4.69) is 23.9 Å². The molecule has 0 heterocycles. The SMILES string of the molecule is [C]#CCCCNC(=O)CCCCCCCS. The van der Waals surface area contributed by atoms with Crippen LogP contribution < -0.4 is 5.32 Å². The topological polar surface area (TPSA) is 29.1 Å². The Hall–Kier alpha value is -0.620. The fraction of sp³-hybridized carbons (Fsp3) is 0.769. The lowest BCUT2D eigenvalue weighted by atomic mass is 10.1. The van der Waals surface area contributed by atoms with Crippen molar-refractivity contribution >= 4 is 18.5 Å². The summed E-state index contributed by atoms with van der Waals surface area (Å²) in [6.07, 6.45) is 14.5. The number of unbranched alkanes of at least 4 members (excludes halogenated alkanes) is 5. The van der Waals surface area contributed by atoms with Crippen LogP contribution in [0.1, 0.15) is 51.4 Å². The average molecular weight is 240 g/mol. The zero-order valence-corrected chi connectivity index (χ0v) is 10.8. The zero-order valence-electron chi connectivity index (χ0n) is 9.93. The van der Waals surface area contributed by atoms with Gasteiger partial charge >= 0.3 is 0 Å². The molecule has 2 nitrogen and oxygen atoms in total. The van der Waals surface area contributed by atoms with Gasteiger partial charge in [-0.1, -0.05) is 25.2 Å². The van der Waals surface area contributed by atoms with E-state index >= 15 is 0 Å². The van der Waals surface area contributed by atoms with Gasteiger partial charge in [-0.05, 0) is 31.4 Å². The van der Waals surface area contributed by atoms with Crippen LogP contribution in [0.5, 0.6) is 0 Å². The maximum Gasteiger partial charge on any atom is 0.219 e. The minimum absolute atomic E-state index is 0.138. The van der Waals surface area contributed by atoms with E-state index < -0.39 is 0 Å². The molecule has 1 N–H and O–H groups in total. The van der Waals surface area contributed by atoms with Gasteiger partial charge in [-0.15, -0.1) is 0 Å². The number of thiol groups is 1. The van der Waals surface area contributed by atoms with Crippen LogP contribution in [0.2, 0.25) is 0 Å². The quantitative estimate of drug-likeness (QED) is 0.343. The van der Waals surface area contributed by atoms with E-state index in [1.54, 1.807) is 0 Å². The molecule has 0 rings (SSSR count). The molecule has 0 aromatic heterocycles. The smallest absolute Gasteiger partial charge is 0.219 e. The van der Waals surface area contributed by atoms with E-state index in [0.29, 0.717) is 19.4 Å². The van der Waals surface area contributed by atoms with Crippen molar-refractivity contribution in [3.05, 3.63) is 6.42 Å². The number of hydrogen-bond donors (Lipinski definition) is 2. The maximum absolute atomic E-state index is 11.3. The lowest BCUT2D eigenvalue weighted by Gasteiger charge is -2.03. The molecular formula is C13H22NOS. The van der Waals surface area contributed by atoms with Crippen molar-refractivity contribution in [3.63, 3.8) is 0 Å². The fourth-order valence-electron chi connectivity index (χ4n) is 1.42. The van der Waals surface area contributed by atoms with Crippen molar-refractivity contribution in [1.82, 2.24) is 5.32 Å². The summed E-state index contributed by atoms with van der Waals surface area (Å²) >= 11 is 4.15. The van der Waals surface area contributed by atoms with Gasteiger partial charge in [0.15, 0.2) is 0 Å². The van der Waals surface area contributed by atoms with Gasteiger partial charge in [0.1, 0.15) is 0 Å². The third-order valence-electron chi connectivity index (χ3n) is 2.36. The first-order chi connectivity index (χ1) is 7.81. The Morgan fingerprint density at radius 1 is 1.12 bits per heavy atom. The van der Waals surface area contributed by atoms with Gasteiger partial charge in [-0.2, -0.15) is 12.6 Å². The zero-order chi connectivity index (χ0) is 12.1. The van der Waals surface area contributed by atoms with Crippen LogP contribution in [0, 0.1) is 12.3 Å². The molecule has 0 atom stereocenters. The first-order valence-electron chi connectivity index (χ1n) is 6.08. The Kier molecular flexibility index (Phi) is 12.0. The molecule has 0 saturated heterocycles. The predicted octanol–water partition coefficient (Wildman–Crippen LogP) is 2.74. The van der Waals surface area contributed by atoms with Crippen molar-refractivity contribution in [2.75, 3.05) is 12.3 Å². The summed E-state index contributed by atoms with van der Waals surface area (Å²) in [5.74, 6) is 3.41. The second-order valence-corrected chi connectivity index (χ2v) is 4.32. The Labute approximate surface area is 105 Å². The highest BCUT2D eigenvalue weighted by Crippen LogP contribution is 2.05. The molecule has 0 saturated carbocycles. The van der Waals surface area contributed by atoms with Crippen LogP contribution in [0.25, 0.3) is 0 Å². The molecule has 16 heavy (non-hydrogen) atoms. The van der Waals surface area contributed by atoms with Crippen LogP contribution in [-0.4, -0.2) is 18.2 Å². The van der Waals surface area contributed by atoms with E-state index in [1.807, 2.05) is 0 Å². The molecular weight excluding hydrogens is 218 g/mol. The number of amides is 1. The van der Waals surface area contributed by atoms with Crippen LogP contribution in [0.4, 0.5) is 0 Å². The summed E-state index contributed by atoms with van der Waals surface area (Å²) in [6, 6.07) is 0. The van der Waals surface area contributed by atoms with Crippen LogP contribution in [0.3, 0.4) is 0 Å². The number of carbonyl (C=O) groups is 1. The molecule has 0 spiro atoms. The van der Waals surface area contributed by atoms with Crippen molar-refractivity contribution in [2.45, 2.75) is 51.4 Å². The Bertz CT molecular complexity index is 210. The minimum Gasteiger partial charge on any atom is -0.356 e. The average Bonchev–Trinajstić information content (AvgIpc) is 2.29. The number of rotatable bonds is 10. The molecule has 3 heteroatoms. The highest BCUT2D eigenvalue weighted by atomic mass is 32.1. The second-order valence-electron chi connectivity index (χ2n) is 3.87. The normalized spacial score (nSPS) is 9.75. The molecule has 0 aliphatic heterocycles. The van der Waals surface area contributed by atoms with E-state index in [4.69, 9.17) is 6.42 Å². The van der Waals surface area contributed by atoms with Gasteiger partial charge in [0, 0.05) is 19.4 Å². The van der Waals surface area contributed by atoms with Gasteiger partial charge in [0.25, 0.3) is 0 Å². The number of nitrogens with one attached hydrogen (secondary N) is 1. The fourth-order valence-corrected chi connectivity index (χ4v) is 1.64. The summed E-state index contributed by atoms with van der Waals surface area (Å²) in [6.45, 7) is 0.671. The van der Waals surface area contributed by atoms with Crippen LogP contribution >= 0.6 is 12.6 Å². The predicted molar refractivity (Wildman–Crippen MR) is 70.9 cm³/mol. The van der Waals surface area contributed by atoms with E-state index in [9.17, 15) is 4.79 Å². The third kappa shape index (κ3) is 11.5. The molecule has 0 unspecified atom stereocenters. The van der Waals surface area contributed by atoms with Crippen LogP contribution in [0.15, 0.2) is 0 Å². The Balaban J connectivity index is 3.15. The molecule has 1 amide bonds. The van der Waals surface area contributed by atoms with Crippen LogP contribution in [-0.2, 0) is 4.79 Å². The molecule has 0 fully saturated rings. The second kappa shape index (κ2) is 12.4. The van der Waals surface area contributed by atoms with Gasteiger partial charge in [-0.3, -0.25) is 4.79 Å². The standard InChI is InChI=1S/C13H22NOS/c1-2-3-8-11-14-13(15)10-7-5-4-6-9-12-16/h16H,3-12H2,(H,14,15). The molecule has 0 aromatic rings. The first-order valence-corrected chi connectivity index (χ1v) is 6.71. The van der Waals surface area contributed by atoms with E-state index in [1.165, 1.54) is 19.3 Å². The van der Waals surface area contributed by atoms with E-state index in [0.717, 1.165) is 25.0 Å². The Morgan fingerprint density at radius 3 is 2.50 bits per heavy atom. The van der Waals surface area contributed by atoms with Gasteiger partial charge < -0.3 is 5.32 Å². The molecule has 0 aromatic carbocycles. The van der Waals surface area contributed by atoms with Gasteiger partial charge in [-0.25, -0.2) is 0 Å². The lowest BCUT2D eigenvalue weighted by molar-refractivity contribution is -0.121. The monoisotopic (exact) mass is 240 g/mol. The number of hydrogen-bond acceptors (Lipinski definition) is 2. The highest BCUT2D eigenvalue weighted by molar-refractivity contribution is 7.80. The lowest BCUT2D eigenvalue weighted by Crippen LogP contribution is -2.23. The molecule has 1 radical (unpaired) electrons. The summed E-state index contributed by atoms with van der Waals surface area (Å²) in [4.78, 5) is 11.3. The summed E-state index contributed by atoms with van der Waals surface area (Å²) in [7, 11) is 0. The molecule has 0 aliphatic carbocycles. The van der Waals surface area contributed by atoms with Crippen molar-refractivity contribution in [2.24, 2.45) is 0 Å². The maximum atomic E-state index is 11.3. The molecule has 0 bridgehead atoms. The summed E-state index contributed by atoms with van der Waals surface area (Å²) in [5, 5.41) is 2.85. The third-order valence-corrected chi connectivity index (χ3v) is 2.68. The first kappa shape index (κ1) is 15.4. The summed E-state index contributed by atoms with van der Waals surface area (Å²) in [5.41, 5.74) is 0. The summed E-state index contributed by atoms with van der Waals surface area (Å²) < 4.78 is 0. The molecule has 0 aliphatic rings.